The van der Waals surface area contributed by atoms with Crippen molar-refractivity contribution in [1.29, 1.82) is 0 Å². The Morgan fingerprint density at radius 1 is 1.44 bits per heavy atom. The fourth-order valence-corrected chi connectivity index (χ4v) is 1.55. The lowest BCUT2D eigenvalue weighted by Gasteiger charge is -2.08. The van der Waals surface area contributed by atoms with Crippen LogP contribution in [-0.4, -0.2) is 16.9 Å². The Labute approximate surface area is 99.0 Å². The summed E-state index contributed by atoms with van der Waals surface area (Å²) in [5.41, 5.74) is 1.32. The Morgan fingerprint density at radius 3 is 2.56 bits per heavy atom. The summed E-state index contributed by atoms with van der Waals surface area (Å²) in [7, 11) is 0. The van der Waals surface area contributed by atoms with Crippen molar-refractivity contribution in [3.05, 3.63) is 34.3 Å². The third kappa shape index (κ3) is 3.07. The Balaban J connectivity index is 2.88. The number of Topliss-reactive ketones (excluding diaryl/α,β-unsaturated/α-hetero) is 1. The zero-order valence-corrected chi connectivity index (χ0v) is 9.91. The molecule has 1 rings (SSSR count). The van der Waals surface area contributed by atoms with Crippen LogP contribution in [0.1, 0.15) is 29.3 Å². The number of carboxylic acid groups (broad SMARTS) is 1. The number of hydrogen-bond donors (Lipinski definition) is 1. The molecule has 0 saturated heterocycles. The van der Waals surface area contributed by atoms with Crippen LogP contribution in [0.5, 0.6) is 0 Å². The van der Waals surface area contributed by atoms with Gasteiger partial charge in [0.1, 0.15) is 0 Å². The molecule has 0 bridgehead atoms. The number of carbonyl (C=O) groups is 2. The fraction of sp³-hybridized carbons (Fsp3) is 0.333. The molecule has 1 aromatic rings. The van der Waals surface area contributed by atoms with E-state index in [9.17, 15) is 9.59 Å². The molecule has 0 amide bonds. The van der Waals surface area contributed by atoms with E-state index < -0.39 is 11.9 Å². The predicted molar refractivity (Wildman–Crippen MR) is 61.9 cm³/mol. The smallest absolute Gasteiger partial charge is 0.304 e. The first-order chi connectivity index (χ1) is 7.41. The van der Waals surface area contributed by atoms with Crippen LogP contribution in [0, 0.1) is 12.8 Å². The number of aliphatic carboxylic acids is 1. The Hall–Kier alpha value is -1.35. The summed E-state index contributed by atoms with van der Waals surface area (Å²) in [6, 6.07) is 4.96. The van der Waals surface area contributed by atoms with Crippen LogP contribution in [0.2, 0.25) is 5.02 Å². The molecule has 16 heavy (non-hydrogen) atoms. The summed E-state index contributed by atoms with van der Waals surface area (Å²) in [5, 5.41) is 9.20. The van der Waals surface area contributed by atoms with E-state index >= 15 is 0 Å². The molecule has 1 N–H and O–H groups in total. The first-order valence-electron chi connectivity index (χ1n) is 4.94. The highest BCUT2D eigenvalue weighted by Crippen LogP contribution is 2.19. The molecule has 0 saturated carbocycles. The minimum atomic E-state index is -0.966. The minimum absolute atomic E-state index is 0.152. The van der Waals surface area contributed by atoms with Gasteiger partial charge in [0.15, 0.2) is 5.78 Å². The third-order valence-electron chi connectivity index (χ3n) is 2.37. The average Bonchev–Trinajstić information content (AvgIpc) is 2.20. The van der Waals surface area contributed by atoms with Gasteiger partial charge in [-0.25, -0.2) is 0 Å². The Bertz CT molecular complexity index is 426. The van der Waals surface area contributed by atoms with Crippen LogP contribution in [0.3, 0.4) is 0 Å². The molecule has 86 valence electrons. The second kappa shape index (κ2) is 5.12. The van der Waals surface area contributed by atoms with Gasteiger partial charge in [-0.2, -0.15) is 0 Å². The Morgan fingerprint density at radius 2 is 2.06 bits per heavy atom. The van der Waals surface area contributed by atoms with Crippen molar-refractivity contribution in [3.63, 3.8) is 0 Å². The van der Waals surface area contributed by atoms with E-state index in [0.717, 1.165) is 5.56 Å². The molecule has 0 aliphatic rings. The van der Waals surface area contributed by atoms with Crippen molar-refractivity contribution < 1.29 is 14.7 Å². The van der Waals surface area contributed by atoms with E-state index in [1.807, 2.05) is 0 Å². The van der Waals surface area contributed by atoms with E-state index in [4.69, 9.17) is 16.7 Å². The molecule has 0 radical (unpaired) electrons. The van der Waals surface area contributed by atoms with Gasteiger partial charge in [0.25, 0.3) is 0 Å². The van der Waals surface area contributed by atoms with Gasteiger partial charge in [-0.1, -0.05) is 18.5 Å². The summed E-state index contributed by atoms with van der Waals surface area (Å²) in [6.45, 7) is 3.42. The summed E-state index contributed by atoms with van der Waals surface area (Å²) in [4.78, 5) is 22.3. The van der Waals surface area contributed by atoms with Gasteiger partial charge in [0, 0.05) is 16.5 Å². The molecule has 0 aromatic heterocycles. The zero-order chi connectivity index (χ0) is 12.3. The lowest BCUT2D eigenvalue weighted by molar-refractivity contribution is -0.137. The first kappa shape index (κ1) is 12.7. The van der Waals surface area contributed by atoms with Crippen LogP contribution < -0.4 is 0 Å². The lowest BCUT2D eigenvalue weighted by Crippen LogP contribution is -2.15. The SMILES string of the molecule is Cc1cc(C(=O)C(C)CC(=O)O)ccc1Cl. The van der Waals surface area contributed by atoms with Crippen LogP contribution in [0.25, 0.3) is 0 Å². The predicted octanol–water partition coefficient (Wildman–Crippen LogP) is 2.94. The van der Waals surface area contributed by atoms with Gasteiger partial charge < -0.3 is 5.11 Å². The number of halogens is 1. The van der Waals surface area contributed by atoms with E-state index in [1.165, 1.54) is 0 Å². The number of hydrogen-bond acceptors (Lipinski definition) is 2. The number of rotatable bonds is 4. The van der Waals surface area contributed by atoms with Gasteiger partial charge in [0.05, 0.1) is 6.42 Å². The monoisotopic (exact) mass is 240 g/mol. The molecule has 0 aliphatic carbocycles. The van der Waals surface area contributed by atoms with Crippen molar-refractivity contribution in [2.24, 2.45) is 5.92 Å². The maximum Gasteiger partial charge on any atom is 0.304 e. The number of ketones is 1. The second-order valence-electron chi connectivity index (χ2n) is 3.83. The minimum Gasteiger partial charge on any atom is -0.481 e. The van der Waals surface area contributed by atoms with Crippen LogP contribution in [0.4, 0.5) is 0 Å². The molecule has 1 aromatic carbocycles. The van der Waals surface area contributed by atoms with Crippen LogP contribution in [-0.2, 0) is 4.79 Å². The first-order valence-corrected chi connectivity index (χ1v) is 5.31. The lowest BCUT2D eigenvalue weighted by atomic mass is 9.95. The maximum absolute atomic E-state index is 11.8. The molecule has 1 atom stereocenters. The average molecular weight is 241 g/mol. The summed E-state index contributed by atoms with van der Waals surface area (Å²) < 4.78 is 0. The Kier molecular flexibility index (Phi) is 4.07. The van der Waals surface area contributed by atoms with E-state index in [1.54, 1.807) is 32.0 Å². The summed E-state index contributed by atoms with van der Waals surface area (Å²) in [6.07, 6.45) is -0.152. The summed E-state index contributed by atoms with van der Waals surface area (Å²) in [5.74, 6) is -1.65. The maximum atomic E-state index is 11.8. The highest BCUT2D eigenvalue weighted by atomic mass is 35.5. The topological polar surface area (TPSA) is 54.4 Å². The molecule has 4 heteroatoms. The fourth-order valence-electron chi connectivity index (χ4n) is 1.44. The van der Waals surface area contributed by atoms with Gasteiger partial charge in [0.2, 0.25) is 0 Å². The van der Waals surface area contributed by atoms with Crippen molar-refractivity contribution in [1.82, 2.24) is 0 Å². The van der Waals surface area contributed by atoms with Crippen molar-refractivity contribution >= 4 is 23.4 Å². The molecule has 0 spiro atoms. The van der Waals surface area contributed by atoms with Crippen molar-refractivity contribution in [2.75, 3.05) is 0 Å². The van der Waals surface area contributed by atoms with Crippen LogP contribution in [0.15, 0.2) is 18.2 Å². The van der Waals surface area contributed by atoms with Crippen molar-refractivity contribution in [3.8, 4) is 0 Å². The molecular formula is C12H13ClO3. The molecule has 1 unspecified atom stereocenters. The van der Waals surface area contributed by atoms with E-state index in [2.05, 4.69) is 0 Å². The van der Waals surface area contributed by atoms with Crippen molar-refractivity contribution in [2.45, 2.75) is 20.3 Å². The number of benzene rings is 1. The van der Waals surface area contributed by atoms with Gasteiger partial charge in [-0.05, 0) is 30.7 Å². The van der Waals surface area contributed by atoms with E-state index in [-0.39, 0.29) is 12.2 Å². The molecule has 0 heterocycles. The van der Waals surface area contributed by atoms with Gasteiger partial charge in [-0.15, -0.1) is 0 Å². The summed E-state index contributed by atoms with van der Waals surface area (Å²) >= 11 is 5.84. The third-order valence-corrected chi connectivity index (χ3v) is 2.79. The quantitative estimate of drug-likeness (QED) is 0.824. The van der Waals surface area contributed by atoms with Crippen LogP contribution >= 0.6 is 11.6 Å². The molecular weight excluding hydrogens is 228 g/mol. The molecule has 0 fully saturated rings. The zero-order valence-electron chi connectivity index (χ0n) is 9.16. The highest BCUT2D eigenvalue weighted by molar-refractivity contribution is 6.31. The van der Waals surface area contributed by atoms with Gasteiger partial charge >= 0.3 is 5.97 Å². The normalized spacial score (nSPS) is 12.2. The number of carboxylic acids is 1. The number of carbonyl (C=O) groups excluding carboxylic acids is 1. The highest BCUT2D eigenvalue weighted by Gasteiger charge is 2.18. The molecule has 0 aliphatic heterocycles. The standard InChI is InChI=1S/C12H13ClO3/c1-7-5-9(3-4-10(7)13)12(16)8(2)6-11(14)15/h3-5,8H,6H2,1-2H3,(H,14,15). The second-order valence-corrected chi connectivity index (χ2v) is 4.23. The molecule has 3 nitrogen and oxygen atoms in total. The van der Waals surface area contributed by atoms with Gasteiger partial charge in [-0.3, -0.25) is 9.59 Å². The largest absolute Gasteiger partial charge is 0.481 e. The number of aryl methyl sites for hydroxylation is 1. The van der Waals surface area contributed by atoms with E-state index in [0.29, 0.717) is 10.6 Å².